The van der Waals surface area contributed by atoms with Gasteiger partial charge in [-0.2, -0.15) is 0 Å². The average Bonchev–Trinajstić information content (AvgIpc) is 2.78. The van der Waals surface area contributed by atoms with E-state index < -0.39 is 11.2 Å². The van der Waals surface area contributed by atoms with Crippen LogP contribution < -0.4 is 0 Å². The molecule has 2 atom stereocenters. The Balaban J connectivity index is 1.93. The lowest BCUT2D eigenvalue weighted by atomic mass is 10.1. The van der Waals surface area contributed by atoms with E-state index in [-0.39, 0.29) is 16.4 Å². The molecule has 0 radical (unpaired) electrons. The average molecular weight is 339 g/mol. The van der Waals surface area contributed by atoms with Crippen LogP contribution in [0.1, 0.15) is 47.4 Å². The summed E-state index contributed by atoms with van der Waals surface area (Å²) in [5.74, 6) is 1.14. The second kappa shape index (κ2) is 8.04. The molecule has 1 aliphatic rings. The van der Waals surface area contributed by atoms with Crippen LogP contribution in [0.3, 0.4) is 0 Å². The lowest BCUT2D eigenvalue weighted by Crippen LogP contribution is -2.31. The van der Waals surface area contributed by atoms with Crippen molar-refractivity contribution in [2.75, 3.05) is 18.1 Å². The highest BCUT2D eigenvalue weighted by molar-refractivity contribution is 8.13. The maximum atomic E-state index is 12.2. The Kier molecular flexibility index (Phi) is 6.35. The molecule has 0 bridgehead atoms. The molecule has 120 valence electrons. The minimum absolute atomic E-state index is 0.0881. The SMILES string of the molecule is CCSC(CCCN1C(=O)c2ccccc2C1=O)[S+]([O-])CC. The molecule has 1 aromatic rings. The summed E-state index contributed by atoms with van der Waals surface area (Å²) in [6, 6.07) is 6.92. The van der Waals surface area contributed by atoms with E-state index >= 15 is 0 Å². The topological polar surface area (TPSA) is 60.4 Å². The Hall–Kier alpha value is -0.980. The van der Waals surface area contributed by atoms with Gasteiger partial charge in [0.2, 0.25) is 0 Å². The molecule has 2 amide bonds. The molecule has 0 fully saturated rings. The van der Waals surface area contributed by atoms with Gasteiger partial charge in [0.1, 0.15) is 5.75 Å². The van der Waals surface area contributed by atoms with Crippen molar-refractivity contribution in [1.29, 1.82) is 0 Å². The van der Waals surface area contributed by atoms with Crippen molar-refractivity contribution in [2.24, 2.45) is 0 Å². The van der Waals surface area contributed by atoms with E-state index in [1.54, 1.807) is 36.0 Å². The van der Waals surface area contributed by atoms with Gasteiger partial charge >= 0.3 is 0 Å². The van der Waals surface area contributed by atoms with E-state index in [9.17, 15) is 14.1 Å². The van der Waals surface area contributed by atoms with Crippen LogP contribution in [0.15, 0.2) is 24.3 Å². The summed E-state index contributed by atoms with van der Waals surface area (Å²) in [7, 11) is 0. The summed E-state index contributed by atoms with van der Waals surface area (Å²) in [5.41, 5.74) is 0.980. The van der Waals surface area contributed by atoms with Crippen LogP contribution >= 0.6 is 11.8 Å². The van der Waals surface area contributed by atoms with Crippen molar-refractivity contribution in [3.8, 4) is 0 Å². The number of benzene rings is 1. The van der Waals surface area contributed by atoms with Crippen molar-refractivity contribution in [3.05, 3.63) is 35.4 Å². The van der Waals surface area contributed by atoms with E-state index in [0.717, 1.165) is 12.2 Å². The fraction of sp³-hybridized carbons (Fsp3) is 0.500. The van der Waals surface area contributed by atoms with Crippen molar-refractivity contribution < 1.29 is 14.1 Å². The number of nitrogens with zero attached hydrogens (tertiary/aromatic N) is 1. The molecule has 2 unspecified atom stereocenters. The maximum Gasteiger partial charge on any atom is 0.261 e. The number of amides is 2. The lowest BCUT2D eigenvalue weighted by Gasteiger charge is -2.21. The van der Waals surface area contributed by atoms with Crippen molar-refractivity contribution in [3.63, 3.8) is 0 Å². The smallest absolute Gasteiger partial charge is 0.261 e. The summed E-state index contributed by atoms with van der Waals surface area (Å²) in [6.45, 7) is 4.37. The highest BCUT2D eigenvalue weighted by Crippen LogP contribution is 2.26. The van der Waals surface area contributed by atoms with Crippen LogP contribution in [0.4, 0.5) is 0 Å². The normalized spacial score (nSPS) is 16.8. The van der Waals surface area contributed by atoms with Gasteiger partial charge in [-0.05, 0) is 42.4 Å². The highest BCUT2D eigenvalue weighted by Gasteiger charge is 2.34. The molecule has 4 nitrogen and oxygen atoms in total. The molecule has 0 N–H and O–H groups in total. The third-order valence-electron chi connectivity index (χ3n) is 3.63. The van der Waals surface area contributed by atoms with Crippen LogP contribution in [-0.4, -0.2) is 43.9 Å². The Morgan fingerprint density at radius 2 is 1.77 bits per heavy atom. The maximum absolute atomic E-state index is 12.2. The number of hydrogen-bond donors (Lipinski definition) is 0. The Morgan fingerprint density at radius 1 is 1.18 bits per heavy atom. The van der Waals surface area contributed by atoms with E-state index in [2.05, 4.69) is 6.92 Å². The molecule has 22 heavy (non-hydrogen) atoms. The lowest BCUT2D eigenvalue weighted by molar-refractivity contribution is 0.0652. The number of fused-ring (bicyclic) bond motifs is 1. The number of thioether (sulfide) groups is 1. The standard InChI is InChI=1S/C16H21NO3S2/c1-3-21-14(22(20)4-2)10-7-11-17-15(18)12-8-5-6-9-13(12)16(17)19/h5-6,8-9,14H,3-4,7,10-11H2,1-2H3. The Labute approximate surface area is 138 Å². The third kappa shape index (κ3) is 3.67. The Bertz CT molecular complexity index is 515. The molecule has 0 saturated heterocycles. The van der Waals surface area contributed by atoms with Crippen molar-refractivity contribution in [2.45, 2.75) is 31.3 Å². The van der Waals surface area contributed by atoms with Gasteiger partial charge < -0.3 is 4.55 Å². The van der Waals surface area contributed by atoms with Crippen LogP contribution in [0.25, 0.3) is 0 Å². The van der Waals surface area contributed by atoms with Gasteiger partial charge in [-0.3, -0.25) is 14.5 Å². The van der Waals surface area contributed by atoms with Gasteiger partial charge in [0.25, 0.3) is 11.8 Å². The fourth-order valence-corrected chi connectivity index (χ4v) is 5.45. The summed E-state index contributed by atoms with van der Waals surface area (Å²) in [6.07, 6.45) is 1.45. The number of carbonyl (C=O) groups is 2. The van der Waals surface area contributed by atoms with Crippen molar-refractivity contribution >= 4 is 34.8 Å². The van der Waals surface area contributed by atoms with Gasteiger partial charge in [-0.1, -0.05) is 19.1 Å². The fourth-order valence-electron chi connectivity index (χ4n) is 2.52. The zero-order valence-corrected chi connectivity index (χ0v) is 14.5. The molecule has 1 heterocycles. The number of carbonyl (C=O) groups excluding carboxylic acids is 2. The second-order valence-electron chi connectivity index (χ2n) is 5.00. The minimum Gasteiger partial charge on any atom is -0.615 e. The van der Waals surface area contributed by atoms with E-state index in [0.29, 0.717) is 29.8 Å². The molecule has 0 saturated carbocycles. The molecule has 1 aliphatic heterocycles. The van der Waals surface area contributed by atoms with Gasteiger partial charge in [0.15, 0.2) is 4.58 Å². The summed E-state index contributed by atoms with van der Waals surface area (Å²) < 4.78 is 12.1. The monoisotopic (exact) mass is 339 g/mol. The summed E-state index contributed by atoms with van der Waals surface area (Å²) in [5, 5.41) is 0. The van der Waals surface area contributed by atoms with Gasteiger partial charge in [-0.15, -0.1) is 11.8 Å². The van der Waals surface area contributed by atoms with E-state index in [1.807, 2.05) is 6.92 Å². The molecule has 6 heteroatoms. The molecule has 1 aromatic carbocycles. The van der Waals surface area contributed by atoms with E-state index in [4.69, 9.17) is 0 Å². The number of hydrogen-bond acceptors (Lipinski definition) is 4. The van der Waals surface area contributed by atoms with E-state index in [1.165, 1.54) is 4.90 Å². The first-order chi connectivity index (χ1) is 10.6. The molecular formula is C16H21NO3S2. The van der Waals surface area contributed by atoms with Gasteiger partial charge in [0.05, 0.1) is 11.1 Å². The van der Waals surface area contributed by atoms with Crippen LogP contribution in [-0.2, 0) is 11.2 Å². The summed E-state index contributed by atoms with van der Waals surface area (Å²) >= 11 is 0.841. The summed E-state index contributed by atoms with van der Waals surface area (Å²) in [4.78, 5) is 25.8. The van der Waals surface area contributed by atoms with Crippen molar-refractivity contribution in [1.82, 2.24) is 4.90 Å². The predicted molar refractivity (Wildman–Crippen MR) is 91.6 cm³/mol. The minimum atomic E-state index is -0.851. The zero-order chi connectivity index (χ0) is 16.1. The first-order valence-corrected chi connectivity index (χ1v) is 9.97. The quantitative estimate of drug-likeness (QED) is 0.540. The van der Waals surface area contributed by atoms with Gasteiger partial charge in [0, 0.05) is 13.0 Å². The molecule has 0 aromatic heterocycles. The number of imide groups is 1. The molecular weight excluding hydrogens is 318 g/mol. The first-order valence-electron chi connectivity index (χ1n) is 7.54. The third-order valence-corrected chi connectivity index (χ3v) is 7.01. The van der Waals surface area contributed by atoms with Gasteiger partial charge in [-0.25, -0.2) is 0 Å². The molecule has 0 spiro atoms. The first kappa shape index (κ1) is 17.4. The predicted octanol–water partition coefficient (Wildman–Crippen LogP) is 2.91. The van der Waals surface area contributed by atoms with Crippen LogP contribution in [0.5, 0.6) is 0 Å². The largest absolute Gasteiger partial charge is 0.615 e. The van der Waals surface area contributed by atoms with Crippen LogP contribution in [0, 0.1) is 0 Å². The molecule has 0 aliphatic carbocycles. The highest BCUT2D eigenvalue weighted by atomic mass is 32.3. The number of rotatable bonds is 8. The zero-order valence-electron chi connectivity index (χ0n) is 12.9. The second-order valence-corrected chi connectivity index (χ2v) is 8.69. The van der Waals surface area contributed by atoms with Crippen LogP contribution in [0.2, 0.25) is 0 Å². The molecule has 2 rings (SSSR count). The Morgan fingerprint density at radius 3 is 2.27 bits per heavy atom.